The van der Waals surface area contributed by atoms with Crippen LogP contribution in [0.3, 0.4) is 0 Å². The van der Waals surface area contributed by atoms with Gasteiger partial charge in [-0.25, -0.2) is 0 Å². The van der Waals surface area contributed by atoms with Gasteiger partial charge in [-0.15, -0.1) is 0 Å². The standard InChI is InChI=1S/C17H25NOS/c1-16(18,14-5-3-2-4-6-14)15-7-10-19-17(13-15)8-11-20-12-9-17/h2-6,15H,7-13,18H2,1H3. The van der Waals surface area contributed by atoms with E-state index in [1.54, 1.807) is 0 Å². The van der Waals surface area contributed by atoms with Gasteiger partial charge in [-0.1, -0.05) is 30.3 Å². The number of hydrogen-bond donors (Lipinski definition) is 1. The first kappa shape index (κ1) is 14.4. The maximum absolute atomic E-state index is 6.74. The third-order valence-electron chi connectivity index (χ3n) is 5.14. The minimum atomic E-state index is -0.247. The second-order valence-electron chi connectivity index (χ2n) is 6.48. The Labute approximate surface area is 126 Å². The zero-order valence-electron chi connectivity index (χ0n) is 12.3. The van der Waals surface area contributed by atoms with Crippen molar-refractivity contribution in [2.24, 2.45) is 11.7 Å². The van der Waals surface area contributed by atoms with Gasteiger partial charge in [-0.05, 0) is 55.6 Å². The largest absolute Gasteiger partial charge is 0.375 e. The van der Waals surface area contributed by atoms with Crippen molar-refractivity contribution in [3.63, 3.8) is 0 Å². The van der Waals surface area contributed by atoms with Gasteiger partial charge in [0.05, 0.1) is 5.60 Å². The van der Waals surface area contributed by atoms with E-state index in [2.05, 4.69) is 49.0 Å². The van der Waals surface area contributed by atoms with Crippen molar-refractivity contribution in [1.29, 1.82) is 0 Å². The van der Waals surface area contributed by atoms with Gasteiger partial charge in [-0.3, -0.25) is 0 Å². The SMILES string of the molecule is CC(N)(c1ccccc1)C1CCOC2(CCSCC2)C1. The summed E-state index contributed by atoms with van der Waals surface area (Å²) in [6.45, 7) is 3.07. The Kier molecular flexibility index (Phi) is 4.11. The van der Waals surface area contributed by atoms with Gasteiger partial charge in [0.15, 0.2) is 0 Å². The van der Waals surface area contributed by atoms with Crippen LogP contribution in [0.15, 0.2) is 30.3 Å². The topological polar surface area (TPSA) is 35.2 Å². The Morgan fingerprint density at radius 1 is 1.25 bits per heavy atom. The van der Waals surface area contributed by atoms with Crippen molar-refractivity contribution in [3.8, 4) is 0 Å². The van der Waals surface area contributed by atoms with Gasteiger partial charge >= 0.3 is 0 Å². The van der Waals surface area contributed by atoms with Gasteiger partial charge in [0.2, 0.25) is 0 Å². The highest BCUT2D eigenvalue weighted by molar-refractivity contribution is 7.99. The Hall–Kier alpha value is -0.510. The first-order valence-electron chi connectivity index (χ1n) is 7.69. The van der Waals surface area contributed by atoms with Crippen molar-refractivity contribution in [2.45, 2.75) is 43.7 Å². The third kappa shape index (κ3) is 2.76. The first-order chi connectivity index (χ1) is 9.62. The van der Waals surface area contributed by atoms with Crippen molar-refractivity contribution in [2.75, 3.05) is 18.1 Å². The van der Waals surface area contributed by atoms with Crippen LogP contribution < -0.4 is 5.73 Å². The summed E-state index contributed by atoms with van der Waals surface area (Å²) in [6.07, 6.45) is 4.59. The summed E-state index contributed by atoms with van der Waals surface area (Å²) >= 11 is 2.06. The van der Waals surface area contributed by atoms with E-state index in [0.717, 1.165) is 19.4 Å². The third-order valence-corrected chi connectivity index (χ3v) is 6.13. The molecule has 0 radical (unpaired) electrons. The van der Waals surface area contributed by atoms with Gasteiger partial charge in [0.1, 0.15) is 0 Å². The molecular weight excluding hydrogens is 266 g/mol. The van der Waals surface area contributed by atoms with Gasteiger partial charge < -0.3 is 10.5 Å². The van der Waals surface area contributed by atoms with Crippen LogP contribution in [0, 0.1) is 5.92 Å². The van der Waals surface area contributed by atoms with Crippen LogP contribution in [-0.4, -0.2) is 23.7 Å². The molecule has 3 heteroatoms. The summed E-state index contributed by atoms with van der Waals surface area (Å²) in [6, 6.07) is 10.6. The average molecular weight is 291 g/mol. The zero-order valence-corrected chi connectivity index (χ0v) is 13.1. The van der Waals surface area contributed by atoms with Crippen molar-refractivity contribution < 1.29 is 4.74 Å². The molecule has 2 fully saturated rings. The van der Waals surface area contributed by atoms with E-state index in [1.165, 1.54) is 29.9 Å². The molecule has 2 heterocycles. The van der Waals surface area contributed by atoms with Crippen LogP contribution in [0.4, 0.5) is 0 Å². The normalized spacial score (nSPS) is 29.0. The van der Waals surface area contributed by atoms with Crippen LogP contribution in [-0.2, 0) is 10.3 Å². The van der Waals surface area contributed by atoms with Crippen molar-refractivity contribution in [3.05, 3.63) is 35.9 Å². The molecule has 1 aromatic carbocycles. The van der Waals surface area contributed by atoms with E-state index in [9.17, 15) is 0 Å². The van der Waals surface area contributed by atoms with E-state index in [1.807, 2.05) is 0 Å². The number of nitrogens with two attached hydrogens (primary N) is 1. The van der Waals surface area contributed by atoms with Crippen LogP contribution in [0.1, 0.15) is 38.2 Å². The van der Waals surface area contributed by atoms with Crippen LogP contribution in [0.2, 0.25) is 0 Å². The highest BCUT2D eigenvalue weighted by atomic mass is 32.2. The molecule has 1 spiro atoms. The molecule has 20 heavy (non-hydrogen) atoms. The molecule has 2 aliphatic rings. The lowest BCUT2D eigenvalue weighted by Crippen LogP contribution is -2.51. The molecule has 2 nitrogen and oxygen atoms in total. The fourth-order valence-corrected chi connectivity index (χ4v) is 4.90. The summed E-state index contributed by atoms with van der Waals surface area (Å²) in [5.74, 6) is 2.99. The van der Waals surface area contributed by atoms with E-state index in [0.29, 0.717) is 5.92 Å². The fourth-order valence-electron chi connectivity index (χ4n) is 3.66. The predicted molar refractivity (Wildman–Crippen MR) is 85.9 cm³/mol. The Morgan fingerprint density at radius 3 is 2.65 bits per heavy atom. The van der Waals surface area contributed by atoms with Crippen LogP contribution >= 0.6 is 11.8 Å². The van der Waals surface area contributed by atoms with Crippen molar-refractivity contribution >= 4 is 11.8 Å². The smallest absolute Gasteiger partial charge is 0.0701 e. The second-order valence-corrected chi connectivity index (χ2v) is 7.71. The lowest BCUT2D eigenvalue weighted by molar-refractivity contribution is -0.113. The Balaban J connectivity index is 1.79. The molecule has 3 rings (SSSR count). The number of benzene rings is 1. The maximum atomic E-state index is 6.74. The van der Waals surface area contributed by atoms with E-state index in [4.69, 9.17) is 10.5 Å². The lowest BCUT2D eigenvalue weighted by Gasteiger charge is -2.48. The maximum Gasteiger partial charge on any atom is 0.0701 e. The highest BCUT2D eigenvalue weighted by Gasteiger charge is 2.44. The molecule has 2 unspecified atom stereocenters. The molecule has 2 saturated heterocycles. The minimum absolute atomic E-state index is 0.115. The average Bonchev–Trinajstić information content (AvgIpc) is 2.49. The van der Waals surface area contributed by atoms with Crippen LogP contribution in [0.25, 0.3) is 0 Å². The number of hydrogen-bond acceptors (Lipinski definition) is 3. The lowest BCUT2D eigenvalue weighted by atomic mass is 9.70. The highest BCUT2D eigenvalue weighted by Crippen LogP contribution is 2.44. The van der Waals surface area contributed by atoms with Gasteiger partial charge in [-0.2, -0.15) is 11.8 Å². The molecule has 2 atom stereocenters. The molecule has 0 aromatic heterocycles. The Bertz CT molecular complexity index is 434. The summed E-state index contributed by atoms with van der Waals surface area (Å²) in [5, 5.41) is 0. The van der Waals surface area contributed by atoms with E-state index < -0.39 is 0 Å². The molecule has 2 N–H and O–H groups in total. The monoisotopic (exact) mass is 291 g/mol. The quantitative estimate of drug-likeness (QED) is 0.905. The molecule has 0 amide bonds. The number of thioether (sulfide) groups is 1. The molecule has 0 saturated carbocycles. The number of rotatable bonds is 2. The zero-order chi connectivity index (χ0) is 14.1. The molecule has 0 bridgehead atoms. The summed E-state index contributed by atoms with van der Waals surface area (Å²) in [5.41, 5.74) is 7.87. The second kappa shape index (κ2) is 5.70. The molecular formula is C17H25NOS. The van der Waals surface area contributed by atoms with Crippen LogP contribution in [0.5, 0.6) is 0 Å². The van der Waals surface area contributed by atoms with Crippen molar-refractivity contribution in [1.82, 2.24) is 0 Å². The molecule has 110 valence electrons. The molecule has 0 aliphatic carbocycles. The predicted octanol–water partition coefficient (Wildman–Crippen LogP) is 3.55. The molecule has 1 aromatic rings. The first-order valence-corrected chi connectivity index (χ1v) is 8.84. The minimum Gasteiger partial charge on any atom is -0.375 e. The fraction of sp³-hybridized carbons (Fsp3) is 0.647. The van der Waals surface area contributed by atoms with Gasteiger partial charge in [0, 0.05) is 12.1 Å². The Morgan fingerprint density at radius 2 is 1.95 bits per heavy atom. The van der Waals surface area contributed by atoms with Gasteiger partial charge in [0.25, 0.3) is 0 Å². The molecule has 2 aliphatic heterocycles. The summed E-state index contributed by atoms with van der Waals surface area (Å²) in [7, 11) is 0. The van der Waals surface area contributed by atoms with E-state index in [-0.39, 0.29) is 11.1 Å². The van der Waals surface area contributed by atoms with E-state index >= 15 is 0 Å². The number of ether oxygens (including phenoxy) is 1. The summed E-state index contributed by atoms with van der Waals surface area (Å²) in [4.78, 5) is 0. The summed E-state index contributed by atoms with van der Waals surface area (Å²) < 4.78 is 6.20.